The summed E-state index contributed by atoms with van der Waals surface area (Å²) in [5.74, 6) is 1.06. The molecule has 0 aliphatic carbocycles. The van der Waals surface area contributed by atoms with E-state index in [1.807, 2.05) is 0 Å². The SMILES string of the molecule is CCNC(c1cc(Br)sc1Br)c1cccc2c1OCC2. The van der Waals surface area contributed by atoms with Gasteiger partial charge in [-0.05, 0) is 55.6 Å². The van der Waals surface area contributed by atoms with Crippen molar-refractivity contribution >= 4 is 43.2 Å². The third-order valence-electron chi connectivity index (χ3n) is 3.46. The smallest absolute Gasteiger partial charge is 0.127 e. The zero-order valence-electron chi connectivity index (χ0n) is 11.1. The third kappa shape index (κ3) is 2.69. The Labute approximate surface area is 139 Å². The predicted molar refractivity (Wildman–Crippen MR) is 90.9 cm³/mol. The fourth-order valence-electron chi connectivity index (χ4n) is 2.61. The molecule has 1 aromatic heterocycles. The van der Waals surface area contributed by atoms with Crippen LogP contribution < -0.4 is 10.1 Å². The number of para-hydroxylation sites is 1. The molecule has 3 rings (SSSR count). The van der Waals surface area contributed by atoms with Crippen molar-refractivity contribution in [2.75, 3.05) is 13.2 Å². The Kier molecular flexibility index (Phi) is 4.50. The number of ether oxygens (including phenoxy) is 1. The highest BCUT2D eigenvalue weighted by atomic mass is 79.9. The van der Waals surface area contributed by atoms with Crippen molar-refractivity contribution < 1.29 is 4.74 Å². The average Bonchev–Trinajstić information content (AvgIpc) is 3.02. The van der Waals surface area contributed by atoms with E-state index in [-0.39, 0.29) is 6.04 Å². The summed E-state index contributed by atoms with van der Waals surface area (Å²) >= 11 is 8.94. The van der Waals surface area contributed by atoms with E-state index >= 15 is 0 Å². The molecule has 0 amide bonds. The minimum Gasteiger partial charge on any atom is -0.493 e. The first-order chi connectivity index (χ1) is 9.70. The molecule has 106 valence electrons. The molecule has 2 heterocycles. The summed E-state index contributed by atoms with van der Waals surface area (Å²) in [5, 5.41) is 3.57. The van der Waals surface area contributed by atoms with Crippen LogP contribution in [-0.4, -0.2) is 13.2 Å². The Hall–Kier alpha value is -0.360. The molecule has 5 heteroatoms. The number of fused-ring (bicyclic) bond motifs is 1. The van der Waals surface area contributed by atoms with Gasteiger partial charge in [-0.25, -0.2) is 0 Å². The average molecular weight is 417 g/mol. The number of benzene rings is 1. The lowest BCUT2D eigenvalue weighted by atomic mass is 9.97. The summed E-state index contributed by atoms with van der Waals surface area (Å²) in [5.41, 5.74) is 3.80. The highest BCUT2D eigenvalue weighted by molar-refractivity contribution is 9.12. The molecule has 1 unspecified atom stereocenters. The molecule has 0 saturated heterocycles. The molecule has 0 spiro atoms. The molecule has 0 bridgehead atoms. The first-order valence-electron chi connectivity index (χ1n) is 6.63. The minimum absolute atomic E-state index is 0.157. The van der Waals surface area contributed by atoms with E-state index in [9.17, 15) is 0 Å². The molecule has 2 nitrogen and oxygen atoms in total. The number of halogens is 2. The van der Waals surface area contributed by atoms with Gasteiger partial charge in [0, 0.05) is 12.0 Å². The Morgan fingerprint density at radius 3 is 2.90 bits per heavy atom. The lowest BCUT2D eigenvalue weighted by molar-refractivity contribution is 0.350. The van der Waals surface area contributed by atoms with Gasteiger partial charge >= 0.3 is 0 Å². The molecule has 2 aromatic rings. The fraction of sp³-hybridized carbons (Fsp3) is 0.333. The zero-order valence-corrected chi connectivity index (χ0v) is 15.1. The normalized spacial score (nSPS) is 14.9. The van der Waals surface area contributed by atoms with Crippen LogP contribution in [-0.2, 0) is 6.42 Å². The van der Waals surface area contributed by atoms with Crippen molar-refractivity contribution in [1.82, 2.24) is 5.32 Å². The molecular formula is C15H15Br2NOS. The first-order valence-corrected chi connectivity index (χ1v) is 9.03. The van der Waals surface area contributed by atoms with Crippen LogP contribution in [0.3, 0.4) is 0 Å². The lowest BCUT2D eigenvalue weighted by Crippen LogP contribution is -2.22. The molecule has 1 atom stereocenters. The van der Waals surface area contributed by atoms with Gasteiger partial charge in [0.15, 0.2) is 0 Å². The summed E-state index contributed by atoms with van der Waals surface area (Å²) < 4.78 is 8.15. The second-order valence-electron chi connectivity index (χ2n) is 4.70. The summed E-state index contributed by atoms with van der Waals surface area (Å²) in [6.45, 7) is 3.83. The van der Waals surface area contributed by atoms with Crippen LogP contribution in [0.1, 0.15) is 29.7 Å². The first kappa shape index (κ1) is 14.6. The second kappa shape index (κ2) is 6.18. The number of hydrogen-bond acceptors (Lipinski definition) is 3. The monoisotopic (exact) mass is 415 g/mol. The van der Waals surface area contributed by atoms with E-state index in [2.05, 4.69) is 68.4 Å². The Morgan fingerprint density at radius 2 is 2.20 bits per heavy atom. The Balaban J connectivity index is 2.08. The quantitative estimate of drug-likeness (QED) is 0.764. The number of nitrogens with one attached hydrogen (secondary N) is 1. The highest BCUT2D eigenvalue weighted by Crippen LogP contribution is 2.42. The van der Waals surface area contributed by atoms with Crippen molar-refractivity contribution in [2.45, 2.75) is 19.4 Å². The summed E-state index contributed by atoms with van der Waals surface area (Å²) in [4.78, 5) is 0. The van der Waals surface area contributed by atoms with Gasteiger partial charge in [0.1, 0.15) is 5.75 Å². The summed E-state index contributed by atoms with van der Waals surface area (Å²) in [6.07, 6.45) is 1.01. The van der Waals surface area contributed by atoms with Gasteiger partial charge in [0.05, 0.1) is 20.2 Å². The summed E-state index contributed by atoms with van der Waals surface area (Å²) in [7, 11) is 0. The van der Waals surface area contributed by atoms with Gasteiger partial charge in [-0.1, -0.05) is 25.1 Å². The van der Waals surface area contributed by atoms with Gasteiger partial charge in [-0.3, -0.25) is 0 Å². The van der Waals surface area contributed by atoms with Gasteiger partial charge in [-0.15, -0.1) is 11.3 Å². The molecule has 0 radical (unpaired) electrons. The lowest BCUT2D eigenvalue weighted by Gasteiger charge is -2.20. The predicted octanol–water partition coefficient (Wildman–Crippen LogP) is 4.91. The van der Waals surface area contributed by atoms with Crippen molar-refractivity contribution in [3.63, 3.8) is 0 Å². The van der Waals surface area contributed by atoms with Crippen LogP contribution >= 0.6 is 43.2 Å². The standard InChI is InChI=1S/C15H15Br2NOS/c1-2-18-13(11-8-12(16)20-15(11)17)10-5-3-4-9-6-7-19-14(9)10/h3-5,8,13,18H,2,6-7H2,1H3. The molecule has 1 N–H and O–H groups in total. The second-order valence-corrected chi connectivity index (χ2v) is 8.45. The minimum atomic E-state index is 0.157. The van der Waals surface area contributed by atoms with Crippen molar-refractivity contribution in [1.29, 1.82) is 0 Å². The fourth-order valence-corrected chi connectivity index (χ4v) is 5.51. The van der Waals surface area contributed by atoms with E-state index < -0.39 is 0 Å². The number of hydrogen-bond donors (Lipinski definition) is 1. The van der Waals surface area contributed by atoms with E-state index in [1.165, 1.54) is 16.7 Å². The van der Waals surface area contributed by atoms with Crippen LogP contribution in [0, 0.1) is 0 Å². The van der Waals surface area contributed by atoms with Gasteiger partial charge in [-0.2, -0.15) is 0 Å². The Bertz CT molecular complexity index is 626. The maximum absolute atomic E-state index is 5.86. The largest absolute Gasteiger partial charge is 0.493 e. The molecular weight excluding hydrogens is 402 g/mol. The van der Waals surface area contributed by atoms with Crippen LogP contribution in [0.5, 0.6) is 5.75 Å². The number of thiophene rings is 1. The third-order valence-corrected chi connectivity index (χ3v) is 5.84. The van der Waals surface area contributed by atoms with Crippen molar-refractivity contribution in [3.8, 4) is 5.75 Å². The maximum Gasteiger partial charge on any atom is 0.127 e. The van der Waals surface area contributed by atoms with Crippen LogP contribution in [0.25, 0.3) is 0 Å². The van der Waals surface area contributed by atoms with E-state index in [1.54, 1.807) is 11.3 Å². The van der Waals surface area contributed by atoms with Gasteiger partial charge in [0.2, 0.25) is 0 Å². The van der Waals surface area contributed by atoms with Gasteiger partial charge < -0.3 is 10.1 Å². The van der Waals surface area contributed by atoms with E-state index in [4.69, 9.17) is 4.74 Å². The van der Waals surface area contributed by atoms with E-state index in [0.29, 0.717) is 0 Å². The molecule has 1 aliphatic heterocycles. The Morgan fingerprint density at radius 1 is 1.35 bits per heavy atom. The maximum atomic E-state index is 5.86. The van der Waals surface area contributed by atoms with Gasteiger partial charge in [0.25, 0.3) is 0 Å². The molecule has 20 heavy (non-hydrogen) atoms. The molecule has 0 saturated carbocycles. The van der Waals surface area contributed by atoms with Crippen LogP contribution in [0.4, 0.5) is 0 Å². The molecule has 1 aliphatic rings. The molecule has 1 aromatic carbocycles. The highest BCUT2D eigenvalue weighted by Gasteiger charge is 2.25. The zero-order chi connectivity index (χ0) is 14.1. The van der Waals surface area contributed by atoms with E-state index in [0.717, 1.165) is 32.9 Å². The topological polar surface area (TPSA) is 21.3 Å². The van der Waals surface area contributed by atoms with Crippen molar-refractivity contribution in [3.05, 3.63) is 48.5 Å². The molecule has 0 fully saturated rings. The van der Waals surface area contributed by atoms with Crippen LogP contribution in [0.2, 0.25) is 0 Å². The van der Waals surface area contributed by atoms with Crippen molar-refractivity contribution in [2.24, 2.45) is 0 Å². The summed E-state index contributed by atoms with van der Waals surface area (Å²) in [6, 6.07) is 8.78. The number of rotatable bonds is 4. The van der Waals surface area contributed by atoms with Crippen LogP contribution in [0.15, 0.2) is 31.8 Å².